The second-order valence-electron chi connectivity index (χ2n) is 5.70. The number of rotatable bonds is 2. The molecular formula is C15H22FN3O2. The van der Waals surface area contributed by atoms with Crippen LogP contribution in [0.2, 0.25) is 0 Å². The maximum absolute atomic E-state index is 13.5. The molecule has 6 heteroatoms. The average molecular weight is 295 g/mol. The Hall–Kier alpha value is -1.56. The van der Waals surface area contributed by atoms with Gasteiger partial charge in [0.2, 0.25) is 0 Å². The highest BCUT2D eigenvalue weighted by Crippen LogP contribution is 2.22. The van der Waals surface area contributed by atoms with Gasteiger partial charge in [0.25, 0.3) is 5.56 Å². The lowest BCUT2D eigenvalue weighted by Gasteiger charge is -2.30. The Bertz CT molecular complexity index is 528. The zero-order chi connectivity index (χ0) is 14.7. The quantitative estimate of drug-likeness (QED) is 0.899. The lowest BCUT2D eigenvalue weighted by molar-refractivity contribution is 0.122. The molecule has 0 saturated carbocycles. The third-order valence-electron chi connectivity index (χ3n) is 4.19. The number of alkyl halides is 1. The zero-order valence-electron chi connectivity index (χ0n) is 12.2. The highest BCUT2D eigenvalue weighted by Gasteiger charge is 2.19. The number of morpholine rings is 1. The number of anilines is 2. The van der Waals surface area contributed by atoms with Crippen molar-refractivity contribution in [3.05, 3.63) is 22.5 Å². The summed E-state index contributed by atoms with van der Waals surface area (Å²) in [6.07, 6.45) is 1.25. The molecule has 2 saturated heterocycles. The standard InChI is InChI=1S/C15H22FN3O2/c16-12-2-1-4-19(5-3-12)14-10-13(11-15(20)17-14)18-6-8-21-9-7-18/h10-12H,1-9H2,(H,17,20). The van der Waals surface area contributed by atoms with Gasteiger partial charge in [-0.05, 0) is 19.3 Å². The number of H-pyrrole nitrogens is 1. The fourth-order valence-corrected chi connectivity index (χ4v) is 2.99. The number of halogens is 1. The lowest BCUT2D eigenvalue weighted by atomic mass is 10.2. The molecule has 1 aromatic heterocycles. The van der Waals surface area contributed by atoms with Gasteiger partial charge in [0.05, 0.1) is 13.2 Å². The summed E-state index contributed by atoms with van der Waals surface area (Å²) >= 11 is 0. The van der Waals surface area contributed by atoms with E-state index in [2.05, 4.69) is 14.8 Å². The van der Waals surface area contributed by atoms with Crippen LogP contribution in [0.15, 0.2) is 16.9 Å². The van der Waals surface area contributed by atoms with Crippen LogP contribution >= 0.6 is 0 Å². The Morgan fingerprint density at radius 3 is 2.71 bits per heavy atom. The van der Waals surface area contributed by atoms with E-state index in [1.807, 2.05) is 6.07 Å². The van der Waals surface area contributed by atoms with E-state index in [4.69, 9.17) is 4.74 Å². The van der Waals surface area contributed by atoms with Gasteiger partial charge in [-0.25, -0.2) is 4.39 Å². The first-order valence-corrected chi connectivity index (χ1v) is 7.68. The van der Waals surface area contributed by atoms with Crippen molar-refractivity contribution >= 4 is 11.5 Å². The maximum atomic E-state index is 13.5. The SMILES string of the molecule is O=c1cc(N2CCOCC2)cc(N2CCCC(F)CC2)[nH]1. The van der Waals surface area contributed by atoms with Gasteiger partial charge in [-0.3, -0.25) is 4.79 Å². The Morgan fingerprint density at radius 2 is 1.90 bits per heavy atom. The molecule has 2 aliphatic rings. The van der Waals surface area contributed by atoms with E-state index in [9.17, 15) is 9.18 Å². The Labute approximate surface area is 123 Å². The molecule has 0 aliphatic carbocycles. The number of ether oxygens (including phenoxy) is 1. The van der Waals surface area contributed by atoms with Crippen LogP contribution in [0.4, 0.5) is 15.9 Å². The molecule has 21 heavy (non-hydrogen) atoms. The average Bonchev–Trinajstić information content (AvgIpc) is 2.72. The van der Waals surface area contributed by atoms with E-state index >= 15 is 0 Å². The van der Waals surface area contributed by atoms with Gasteiger partial charge >= 0.3 is 0 Å². The van der Waals surface area contributed by atoms with Crippen molar-refractivity contribution in [2.75, 3.05) is 49.2 Å². The van der Waals surface area contributed by atoms with Gasteiger partial charge in [0.1, 0.15) is 12.0 Å². The molecule has 2 fully saturated rings. The van der Waals surface area contributed by atoms with Crippen LogP contribution in [0.25, 0.3) is 0 Å². The summed E-state index contributed by atoms with van der Waals surface area (Å²) in [4.78, 5) is 19.1. The van der Waals surface area contributed by atoms with Gasteiger partial charge in [-0.1, -0.05) is 0 Å². The summed E-state index contributed by atoms with van der Waals surface area (Å²) < 4.78 is 18.8. The fourth-order valence-electron chi connectivity index (χ4n) is 2.99. The lowest BCUT2D eigenvalue weighted by Crippen LogP contribution is -2.37. The molecule has 0 bridgehead atoms. The van der Waals surface area contributed by atoms with Crippen LogP contribution in [0, 0.1) is 0 Å². The van der Waals surface area contributed by atoms with E-state index in [-0.39, 0.29) is 5.56 Å². The van der Waals surface area contributed by atoms with Crippen LogP contribution < -0.4 is 15.4 Å². The number of nitrogens with zero attached hydrogens (tertiary/aromatic N) is 2. The van der Waals surface area contributed by atoms with Crippen LogP contribution in [-0.2, 0) is 4.74 Å². The predicted molar refractivity (Wildman–Crippen MR) is 81.1 cm³/mol. The highest BCUT2D eigenvalue weighted by atomic mass is 19.1. The molecular weight excluding hydrogens is 273 g/mol. The summed E-state index contributed by atoms with van der Waals surface area (Å²) in [5.74, 6) is 0.804. The number of aromatic nitrogens is 1. The maximum Gasteiger partial charge on any atom is 0.251 e. The third-order valence-corrected chi connectivity index (χ3v) is 4.19. The molecule has 0 radical (unpaired) electrons. The summed E-state index contributed by atoms with van der Waals surface area (Å²) in [5.41, 5.74) is 0.827. The number of pyridine rings is 1. The third kappa shape index (κ3) is 3.56. The first-order chi connectivity index (χ1) is 10.2. The molecule has 1 unspecified atom stereocenters. The molecule has 2 aliphatic heterocycles. The van der Waals surface area contributed by atoms with Crippen LogP contribution in [-0.4, -0.2) is 50.5 Å². The summed E-state index contributed by atoms with van der Waals surface area (Å²) in [7, 11) is 0. The minimum atomic E-state index is -0.718. The Kier molecular flexibility index (Phi) is 4.43. The van der Waals surface area contributed by atoms with E-state index < -0.39 is 6.17 Å². The van der Waals surface area contributed by atoms with Crippen molar-refractivity contribution in [3.8, 4) is 0 Å². The van der Waals surface area contributed by atoms with Crippen molar-refractivity contribution in [1.29, 1.82) is 0 Å². The number of hydrogen-bond donors (Lipinski definition) is 1. The Morgan fingerprint density at radius 1 is 1.10 bits per heavy atom. The predicted octanol–water partition coefficient (Wildman–Crippen LogP) is 1.54. The first-order valence-electron chi connectivity index (χ1n) is 7.68. The molecule has 3 rings (SSSR count). The van der Waals surface area contributed by atoms with E-state index in [1.165, 1.54) is 0 Å². The smallest absolute Gasteiger partial charge is 0.251 e. The molecule has 1 aromatic rings. The van der Waals surface area contributed by atoms with Crippen molar-refractivity contribution in [3.63, 3.8) is 0 Å². The minimum Gasteiger partial charge on any atom is -0.378 e. The van der Waals surface area contributed by atoms with Crippen LogP contribution in [0.5, 0.6) is 0 Å². The van der Waals surface area contributed by atoms with Crippen molar-refractivity contribution < 1.29 is 9.13 Å². The topological polar surface area (TPSA) is 48.6 Å². The second kappa shape index (κ2) is 6.47. The largest absolute Gasteiger partial charge is 0.378 e. The highest BCUT2D eigenvalue weighted by molar-refractivity contribution is 5.55. The van der Waals surface area contributed by atoms with Crippen molar-refractivity contribution in [1.82, 2.24) is 4.98 Å². The van der Waals surface area contributed by atoms with Crippen molar-refractivity contribution in [2.24, 2.45) is 0 Å². The molecule has 1 atom stereocenters. The van der Waals surface area contributed by atoms with E-state index in [1.54, 1.807) is 6.07 Å². The molecule has 0 amide bonds. The van der Waals surface area contributed by atoms with Crippen molar-refractivity contribution in [2.45, 2.75) is 25.4 Å². The number of nitrogens with one attached hydrogen (secondary N) is 1. The summed E-state index contributed by atoms with van der Waals surface area (Å²) in [6, 6.07) is 3.63. The zero-order valence-corrected chi connectivity index (χ0v) is 12.2. The minimum absolute atomic E-state index is 0.102. The van der Waals surface area contributed by atoms with Gasteiger partial charge in [-0.2, -0.15) is 0 Å². The summed E-state index contributed by atoms with van der Waals surface area (Å²) in [6.45, 7) is 4.43. The molecule has 116 valence electrons. The van der Waals surface area contributed by atoms with E-state index in [0.717, 1.165) is 37.6 Å². The Balaban J connectivity index is 1.81. The van der Waals surface area contributed by atoms with Gasteiger partial charge < -0.3 is 19.5 Å². The van der Waals surface area contributed by atoms with Gasteiger partial charge in [0.15, 0.2) is 0 Å². The molecule has 5 nitrogen and oxygen atoms in total. The first kappa shape index (κ1) is 14.4. The van der Waals surface area contributed by atoms with Gasteiger partial charge in [0, 0.05) is 44.0 Å². The molecule has 0 aromatic carbocycles. The monoisotopic (exact) mass is 295 g/mol. The van der Waals surface area contributed by atoms with Crippen LogP contribution in [0.1, 0.15) is 19.3 Å². The summed E-state index contributed by atoms with van der Waals surface area (Å²) in [5, 5.41) is 0. The molecule has 1 N–H and O–H groups in total. The molecule has 3 heterocycles. The second-order valence-corrected chi connectivity index (χ2v) is 5.70. The normalized spacial score (nSPS) is 24.0. The molecule has 0 spiro atoms. The number of aromatic amines is 1. The van der Waals surface area contributed by atoms with Gasteiger partial charge in [-0.15, -0.1) is 0 Å². The van der Waals surface area contributed by atoms with Crippen LogP contribution in [0.3, 0.4) is 0 Å². The van der Waals surface area contributed by atoms with E-state index in [0.29, 0.717) is 32.6 Å². The number of hydrogen-bond acceptors (Lipinski definition) is 4. The fraction of sp³-hybridized carbons (Fsp3) is 0.667.